The second kappa shape index (κ2) is 6.58. The first-order valence-electron chi connectivity index (χ1n) is 6.96. The number of nitrogens with two attached hydrogens (primary N) is 1. The Hall–Kier alpha value is -1.73. The quantitative estimate of drug-likeness (QED) is 0.870. The maximum Gasteiger partial charge on any atom is 0.248 e. The van der Waals surface area contributed by atoms with Crippen LogP contribution in [-0.4, -0.2) is 26.7 Å². The zero-order valence-corrected chi connectivity index (χ0v) is 14.5. The molecule has 1 aromatic heterocycles. The van der Waals surface area contributed by atoms with Gasteiger partial charge in [0.15, 0.2) is 0 Å². The Balaban J connectivity index is 2.01. The molecule has 0 aliphatic carbocycles. The summed E-state index contributed by atoms with van der Waals surface area (Å²) in [6.07, 6.45) is 1.58. The number of aromatic nitrogens is 3. The van der Waals surface area contributed by atoms with E-state index in [1.807, 2.05) is 45.0 Å². The highest BCUT2D eigenvalue weighted by molar-refractivity contribution is 9.10. The Labute approximate surface area is 138 Å². The predicted molar refractivity (Wildman–Crippen MR) is 89.3 cm³/mol. The van der Waals surface area contributed by atoms with E-state index in [4.69, 9.17) is 5.73 Å². The summed E-state index contributed by atoms with van der Waals surface area (Å²) < 4.78 is 2.68. The Morgan fingerprint density at radius 1 is 1.45 bits per heavy atom. The van der Waals surface area contributed by atoms with Gasteiger partial charge in [-0.05, 0) is 23.1 Å². The molecule has 1 aromatic carbocycles. The summed E-state index contributed by atoms with van der Waals surface area (Å²) in [5.74, 6) is -0.0209. The van der Waals surface area contributed by atoms with Gasteiger partial charge in [0.1, 0.15) is 6.33 Å². The third kappa shape index (κ3) is 4.38. The number of carbonyl (C=O) groups is 1. The van der Waals surface area contributed by atoms with E-state index in [9.17, 15) is 4.79 Å². The number of halogens is 1. The van der Waals surface area contributed by atoms with Crippen molar-refractivity contribution < 1.29 is 4.79 Å². The lowest BCUT2D eigenvalue weighted by Gasteiger charge is -2.25. The lowest BCUT2D eigenvalue weighted by molar-refractivity contribution is -0.119. The van der Waals surface area contributed by atoms with Gasteiger partial charge in [0, 0.05) is 4.47 Å². The molecule has 0 radical (unpaired) electrons. The van der Waals surface area contributed by atoms with E-state index < -0.39 is 6.04 Å². The zero-order valence-electron chi connectivity index (χ0n) is 12.9. The summed E-state index contributed by atoms with van der Waals surface area (Å²) in [5.41, 5.74) is 6.68. The first-order chi connectivity index (χ1) is 10.3. The molecule has 3 N–H and O–H groups in total. The number of nitrogens with zero attached hydrogens (tertiary/aromatic N) is 3. The molecule has 2 rings (SSSR count). The fourth-order valence-corrected chi connectivity index (χ4v) is 2.28. The third-order valence-corrected chi connectivity index (χ3v) is 3.71. The fraction of sp³-hybridized carbons (Fsp3) is 0.400. The van der Waals surface area contributed by atoms with Crippen LogP contribution < -0.4 is 11.1 Å². The molecule has 0 spiro atoms. The lowest BCUT2D eigenvalue weighted by Crippen LogP contribution is -2.45. The van der Waals surface area contributed by atoms with Gasteiger partial charge in [-0.1, -0.05) is 48.8 Å². The average Bonchev–Trinajstić information content (AvgIpc) is 2.84. The van der Waals surface area contributed by atoms with E-state index in [0.29, 0.717) is 6.54 Å². The summed E-state index contributed by atoms with van der Waals surface area (Å²) >= 11 is 3.43. The van der Waals surface area contributed by atoms with Crippen molar-refractivity contribution in [3.05, 3.63) is 40.6 Å². The standard InChI is InChI=1S/C15H20BrN5O/c1-15(2,3)12(17)13(22)19-14-18-9-21(20-14)8-10-5-4-6-11(16)7-10/h4-7,9,12H,8,17H2,1-3H3,(H,19,20,22)/t12-/m1/s1. The Morgan fingerprint density at radius 2 is 2.18 bits per heavy atom. The van der Waals surface area contributed by atoms with Crippen molar-refractivity contribution >= 4 is 27.8 Å². The molecule has 0 aliphatic heterocycles. The molecule has 1 heterocycles. The van der Waals surface area contributed by atoms with Crippen molar-refractivity contribution in [2.24, 2.45) is 11.1 Å². The smallest absolute Gasteiger partial charge is 0.248 e. The molecule has 7 heteroatoms. The van der Waals surface area contributed by atoms with Crippen LogP contribution in [0, 0.1) is 5.41 Å². The van der Waals surface area contributed by atoms with Crippen molar-refractivity contribution in [3.8, 4) is 0 Å². The van der Waals surface area contributed by atoms with Crippen LogP contribution in [-0.2, 0) is 11.3 Å². The first-order valence-corrected chi connectivity index (χ1v) is 7.75. The summed E-state index contributed by atoms with van der Waals surface area (Å²) in [7, 11) is 0. The van der Waals surface area contributed by atoms with E-state index >= 15 is 0 Å². The van der Waals surface area contributed by atoms with Crippen LogP contribution in [0.15, 0.2) is 35.1 Å². The number of benzene rings is 1. The van der Waals surface area contributed by atoms with Crippen LogP contribution >= 0.6 is 15.9 Å². The van der Waals surface area contributed by atoms with Crippen molar-refractivity contribution in [1.29, 1.82) is 0 Å². The van der Waals surface area contributed by atoms with Crippen molar-refractivity contribution in [2.45, 2.75) is 33.4 Å². The van der Waals surface area contributed by atoms with E-state index in [1.54, 1.807) is 11.0 Å². The zero-order chi connectivity index (χ0) is 16.3. The minimum absolute atomic E-state index is 0.264. The van der Waals surface area contributed by atoms with Gasteiger partial charge in [-0.2, -0.15) is 0 Å². The maximum atomic E-state index is 12.0. The van der Waals surface area contributed by atoms with Crippen LogP contribution in [0.1, 0.15) is 26.3 Å². The van der Waals surface area contributed by atoms with Crippen LogP contribution in [0.5, 0.6) is 0 Å². The molecule has 0 bridgehead atoms. The molecule has 0 unspecified atom stereocenters. The van der Waals surface area contributed by atoms with Gasteiger partial charge in [0.05, 0.1) is 12.6 Å². The average molecular weight is 366 g/mol. The summed E-state index contributed by atoms with van der Waals surface area (Å²) in [6, 6.07) is 7.31. The number of amides is 1. The summed E-state index contributed by atoms with van der Waals surface area (Å²) in [4.78, 5) is 16.1. The second-order valence-corrected chi connectivity index (χ2v) is 7.14. The minimum Gasteiger partial charge on any atom is -0.319 e. The first kappa shape index (κ1) is 16.6. The molecule has 1 amide bonds. The number of rotatable bonds is 4. The highest BCUT2D eigenvalue weighted by atomic mass is 79.9. The lowest BCUT2D eigenvalue weighted by atomic mass is 9.87. The molecule has 118 valence electrons. The molecule has 2 aromatic rings. The van der Waals surface area contributed by atoms with Crippen LogP contribution in [0.3, 0.4) is 0 Å². The number of carbonyl (C=O) groups excluding carboxylic acids is 1. The van der Waals surface area contributed by atoms with Gasteiger partial charge < -0.3 is 5.73 Å². The van der Waals surface area contributed by atoms with E-state index in [0.717, 1.165) is 10.0 Å². The second-order valence-electron chi connectivity index (χ2n) is 6.23. The van der Waals surface area contributed by atoms with Gasteiger partial charge >= 0.3 is 0 Å². The highest BCUT2D eigenvalue weighted by Gasteiger charge is 2.28. The molecule has 0 saturated heterocycles. The van der Waals surface area contributed by atoms with Gasteiger partial charge in [-0.25, -0.2) is 9.67 Å². The SMILES string of the molecule is CC(C)(C)[C@H](N)C(=O)Nc1ncn(Cc2cccc(Br)c2)n1. The molecule has 1 atom stereocenters. The number of anilines is 1. The Kier molecular flexibility index (Phi) is 4.97. The van der Waals surface area contributed by atoms with E-state index in [-0.39, 0.29) is 17.3 Å². The van der Waals surface area contributed by atoms with E-state index in [1.165, 1.54) is 0 Å². The number of nitrogens with one attached hydrogen (secondary N) is 1. The van der Waals surface area contributed by atoms with Crippen molar-refractivity contribution in [3.63, 3.8) is 0 Å². The molecule has 0 saturated carbocycles. The Bertz CT molecular complexity index is 662. The molecular weight excluding hydrogens is 346 g/mol. The molecule has 22 heavy (non-hydrogen) atoms. The highest BCUT2D eigenvalue weighted by Crippen LogP contribution is 2.18. The normalized spacial score (nSPS) is 13.0. The van der Waals surface area contributed by atoms with Gasteiger partial charge in [-0.15, -0.1) is 5.10 Å². The topological polar surface area (TPSA) is 85.8 Å². The molecule has 6 nitrogen and oxygen atoms in total. The molecule has 0 aliphatic rings. The number of hydrogen-bond donors (Lipinski definition) is 2. The Morgan fingerprint density at radius 3 is 2.82 bits per heavy atom. The predicted octanol–water partition coefficient (Wildman–Crippen LogP) is 2.40. The van der Waals surface area contributed by atoms with Crippen LogP contribution in [0.4, 0.5) is 5.95 Å². The summed E-state index contributed by atoms with van der Waals surface area (Å²) in [6.45, 7) is 6.32. The molecular formula is C15H20BrN5O. The van der Waals surface area contributed by atoms with Crippen molar-refractivity contribution in [1.82, 2.24) is 14.8 Å². The van der Waals surface area contributed by atoms with E-state index in [2.05, 4.69) is 31.3 Å². The fourth-order valence-electron chi connectivity index (χ4n) is 1.83. The monoisotopic (exact) mass is 365 g/mol. The van der Waals surface area contributed by atoms with Gasteiger partial charge in [0.25, 0.3) is 0 Å². The minimum atomic E-state index is -0.621. The van der Waals surface area contributed by atoms with Gasteiger partial charge in [-0.3, -0.25) is 10.1 Å². The van der Waals surface area contributed by atoms with Crippen LogP contribution in [0.25, 0.3) is 0 Å². The number of hydrogen-bond acceptors (Lipinski definition) is 4. The maximum absolute atomic E-state index is 12.0. The van der Waals surface area contributed by atoms with Crippen molar-refractivity contribution in [2.75, 3.05) is 5.32 Å². The van der Waals surface area contributed by atoms with Crippen LogP contribution in [0.2, 0.25) is 0 Å². The largest absolute Gasteiger partial charge is 0.319 e. The molecule has 0 fully saturated rings. The third-order valence-electron chi connectivity index (χ3n) is 3.22. The van der Waals surface area contributed by atoms with Gasteiger partial charge in [0.2, 0.25) is 11.9 Å². The summed E-state index contributed by atoms with van der Waals surface area (Å²) in [5, 5.41) is 6.89.